The van der Waals surface area contributed by atoms with E-state index in [0.717, 1.165) is 44.7 Å². The average Bonchev–Trinajstić information content (AvgIpc) is 2.63. The third kappa shape index (κ3) is 6.02. The Labute approximate surface area is 157 Å². The van der Waals surface area contributed by atoms with Gasteiger partial charge in [-0.2, -0.15) is 0 Å². The Morgan fingerprint density at radius 1 is 1.00 bits per heavy atom. The van der Waals surface area contributed by atoms with Crippen molar-refractivity contribution in [1.82, 2.24) is 9.80 Å². The molecule has 144 valence electrons. The molecule has 1 aromatic carbocycles. The van der Waals surface area contributed by atoms with Crippen LogP contribution in [-0.4, -0.2) is 67.9 Å². The lowest BCUT2D eigenvalue weighted by Crippen LogP contribution is -2.44. The van der Waals surface area contributed by atoms with Gasteiger partial charge >= 0.3 is 0 Å². The molecule has 0 unspecified atom stereocenters. The fraction of sp³-hybridized carbons (Fsp3) is 0.600. The molecule has 6 nitrogen and oxygen atoms in total. The smallest absolute Gasteiger partial charge is 0.233 e. The van der Waals surface area contributed by atoms with Crippen LogP contribution in [0.1, 0.15) is 33.1 Å². The van der Waals surface area contributed by atoms with Crippen molar-refractivity contribution in [1.29, 1.82) is 0 Å². The van der Waals surface area contributed by atoms with E-state index < -0.39 is 0 Å². The molecule has 26 heavy (non-hydrogen) atoms. The minimum absolute atomic E-state index is 0.0970. The molecule has 1 saturated heterocycles. The zero-order valence-corrected chi connectivity index (χ0v) is 16.3. The molecule has 2 amide bonds. The summed E-state index contributed by atoms with van der Waals surface area (Å²) in [6, 6.07) is 7.88. The van der Waals surface area contributed by atoms with Gasteiger partial charge in [-0.3, -0.25) is 9.59 Å². The van der Waals surface area contributed by atoms with E-state index in [1.54, 1.807) is 4.90 Å². The maximum absolute atomic E-state index is 12.3. The minimum Gasteiger partial charge on any atom is -0.369 e. The summed E-state index contributed by atoms with van der Waals surface area (Å²) in [6.07, 6.45) is 1.71. The molecule has 1 fully saturated rings. The van der Waals surface area contributed by atoms with E-state index in [0.29, 0.717) is 13.1 Å². The summed E-state index contributed by atoms with van der Waals surface area (Å²) in [4.78, 5) is 30.9. The number of rotatable bonds is 8. The topological polar surface area (TPSA) is 55.9 Å². The highest BCUT2D eigenvalue weighted by molar-refractivity contribution is 6.03. The van der Waals surface area contributed by atoms with Crippen LogP contribution >= 0.6 is 0 Å². The van der Waals surface area contributed by atoms with Crippen LogP contribution in [0, 0.1) is 0 Å². The molecule has 0 bridgehead atoms. The van der Waals surface area contributed by atoms with Crippen molar-refractivity contribution >= 4 is 23.2 Å². The number of amides is 2. The molecular weight excluding hydrogens is 328 g/mol. The Morgan fingerprint density at radius 2 is 1.58 bits per heavy atom. The van der Waals surface area contributed by atoms with Gasteiger partial charge in [0, 0.05) is 50.6 Å². The third-order valence-electron chi connectivity index (χ3n) is 4.67. The zero-order valence-electron chi connectivity index (χ0n) is 16.3. The van der Waals surface area contributed by atoms with E-state index in [9.17, 15) is 9.59 Å². The molecular formula is C20H32N4O2. The van der Waals surface area contributed by atoms with Gasteiger partial charge in [0.1, 0.15) is 6.42 Å². The monoisotopic (exact) mass is 360 g/mol. The number of hydrogen-bond acceptors (Lipinski definition) is 4. The van der Waals surface area contributed by atoms with Crippen LogP contribution in [-0.2, 0) is 9.59 Å². The standard InChI is InChI=1S/C20H32N4O2/c1-4-10-24(11-5-2)20(26)16-19(25)21-17-6-8-18(9-7-17)23-14-12-22(3)13-15-23/h6-9H,4-5,10-16H2,1-3H3,(H,21,25). The third-order valence-corrected chi connectivity index (χ3v) is 4.67. The second-order valence-corrected chi connectivity index (χ2v) is 6.94. The molecule has 0 aromatic heterocycles. The average molecular weight is 361 g/mol. The van der Waals surface area contributed by atoms with Crippen LogP contribution in [0.5, 0.6) is 0 Å². The fourth-order valence-corrected chi connectivity index (χ4v) is 3.18. The molecule has 0 aliphatic carbocycles. The largest absolute Gasteiger partial charge is 0.369 e. The highest BCUT2D eigenvalue weighted by Crippen LogP contribution is 2.19. The molecule has 1 aliphatic rings. The van der Waals surface area contributed by atoms with Crippen LogP contribution in [0.15, 0.2) is 24.3 Å². The van der Waals surface area contributed by atoms with Crippen molar-refractivity contribution in [2.45, 2.75) is 33.1 Å². The lowest BCUT2D eigenvalue weighted by Gasteiger charge is -2.34. The second kappa shape index (κ2) is 10.2. The second-order valence-electron chi connectivity index (χ2n) is 6.94. The van der Waals surface area contributed by atoms with E-state index in [4.69, 9.17) is 0 Å². The van der Waals surface area contributed by atoms with Gasteiger partial charge in [0.05, 0.1) is 0 Å². The van der Waals surface area contributed by atoms with Gasteiger partial charge in [0.15, 0.2) is 0 Å². The summed E-state index contributed by atoms with van der Waals surface area (Å²) in [6.45, 7) is 9.65. The van der Waals surface area contributed by atoms with E-state index >= 15 is 0 Å². The van der Waals surface area contributed by atoms with Gasteiger partial charge in [0.2, 0.25) is 11.8 Å². The molecule has 1 aromatic rings. The predicted octanol–water partition coefficient (Wildman–Crippen LogP) is 2.42. The maximum atomic E-state index is 12.3. The molecule has 0 saturated carbocycles. The quantitative estimate of drug-likeness (QED) is 0.724. The van der Waals surface area contributed by atoms with Crippen LogP contribution in [0.2, 0.25) is 0 Å². The number of anilines is 2. The molecule has 0 radical (unpaired) electrons. The van der Waals surface area contributed by atoms with Crippen LogP contribution in [0.3, 0.4) is 0 Å². The first-order valence-corrected chi connectivity index (χ1v) is 9.64. The predicted molar refractivity (Wildman–Crippen MR) is 107 cm³/mol. The van der Waals surface area contributed by atoms with Crippen molar-refractivity contribution in [3.8, 4) is 0 Å². The number of likely N-dealkylation sites (N-methyl/N-ethyl adjacent to an activating group) is 1. The minimum atomic E-state index is -0.250. The van der Waals surface area contributed by atoms with Gasteiger partial charge in [-0.15, -0.1) is 0 Å². The van der Waals surface area contributed by atoms with Crippen molar-refractivity contribution in [2.24, 2.45) is 0 Å². The van der Waals surface area contributed by atoms with E-state index in [-0.39, 0.29) is 18.2 Å². The summed E-state index contributed by atoms with van der Waals surface area (Å²) in [5.41, 5.74) is 1.91. The lowest BCUT2D eigenvalue weighted by atomic mass is 10.2. The summed E-state index contributed by atoms with van der Waals surface area (Å²) < 4.78 is 0. The van der Waals surface area contributed by atoms with E-state index in [1.165, 1.54) is 5.69 Å². The number of nitrogens with zero attached hydrogens (tertiary/aromatic N) is 3. The van der Waals surface area contributed by atoms with Crippen LogP contribution in [0.25, 0.3) is 0 Å². The molecule has 0 spiro atoms. The molecule has 1 aliphatic heterocycles. The van der Waals surface area contributed by atoms with Gasteiger partial charge < -0.3 is 20.0 Å². The number of carbonyl (C=O) groups excluding carboxylic acids is 2. The van der Waals surface area contributed by atoms with Gasteiger partial charge in [-0.05, 0) is 44.2 Å². The number of hydrogen-bond donors (Lipinski definition) is 1. The van der Waals surface area contributed by atoms with E-state index in [2.05, 4.69) is 22.2 Å². The van der Waals surface area contributed by atoms with Gasteiger partial charge in [0.25, 0.3) is 0 Å². The number of benzene rings is 1. The van der Waals surface area contributed by atoms with Gasteiger partial charge in [-0.25, -0.2) is 0 Å². The summed E-state index contributed by atoms with van der Waals surface area (Å²) in [7, 11) is 2.14. The van der Waals surface area contributed by atoms with Crippen LogP contribution in [0.4, 0.5) is 11.4 Å². The van der Waals surface area contributed by atoms with Crippen molar-refractivity contribution in [2.75, 3.05) is 56.5 Å². The Hall–Kier alpha value is -2.08. The highest BCUT2D eigenvalue weighted by Gasteiger charge is 2.17. The Morgan fingerprint density at radius 3 is 2.12 bits per heavy atom. The molecule has 2 rings (SSSR count). The maximum Gasteiger partial charge on any atom is 0.233 e. The number of piperazine rings is 1. The summed E-state index contributed by atoms with van der Waals surface area (Å²) >= 11 is 0. The lowest BCUT2D eigenvalue weighted by molar-refractivity contribution is -0.134. The Bertz CT molecular complexity index is 574. The summed E-state index contributed by atoms with van der Waals surface area (Å²) in [5, 5.41) is 2.84. The normalized spacial score (nSPS) is 15.0. The van der Waals surface area contributed by atoms with Crippen LogP contribution < -0.4 is 10.2 Å². The first-order valence-electron chi connectivity index (χ1n) is 9.64. The highest BCUT2D eigenvalue weighted by atomic mass is 16.2. The Balaban J connectivity index is 1.85. The number of nitrogens with one attached hydrogen (secondary N) is 1. The number of carbonyl (C=O) groups is 2. The van der Waals surface area contributed by atoms with Crippen molar-refractivity contribution in [3.63, 3.8) is 0 Å². The van der Waals surface area contributed by atoms with Crippen molar-refractivity contribution < 1.29 is 9.59 Å². The van der Waals surface area contributed by atoms with Crippen molar-refractivity contribution in [3.05, 3.63) is 24.3 Å². The molecule has 6 heteroatoms. The first kappa shape index (κ1) is 20.2. The first-order chi connectivity index (χ1) is 12.5. The van der Waals surface area contributed by atoms with Gasteiger partial charge in [-0.1, -0.05) is 13.8 Å². The molecule has 1 heterocycles. The SMILES string of the molecule is CCCN(CCC)C(=O)CC(=O)Nc1ccc(N2CCN(C)CC2)cc1. The molecule has 1 N–H and O–H groups in total. The summed E-state index contributed by atoms with van der Waals surface area (Å²) in [5.74, 6) is -0.347. The Kier molecular flexibility index (Phi) is 7.91. The zero-order chi connectivity index (χ0) is 18.9. The van der Waals surface area contributed by atoms with E-state index in [1.807, 2.05) is 38.1 Å². The fourth-order valence-electron chi connectivity index (χ4n) is 3.18. The molecule has 0 atom stereocenters.